The van der Waals surface area contributed by atoms with E-state index in [0.29, 0.717) is 17.2 Å². The lowest BCUT2D eigenvalue weighted by atomic mass is 10.2. The maximum atomic E-state index is 12.4. The van der Waals surface area contributed by atoms with Crippen molar-refractivity contribution >= 4 is 29.3 Å². The van der Waals surface area contributed by atoms with Crippen LogP contribution in [0.1, 0.15) is 48.8 Å². The zero-order chi connectivity index (χ0) is 18.0. The van der Waals surface area contributed by atoms with Crippen LogP contribution in [0.2, 0.25) is 0 Å². The number of aromatic nitrogens is 3. The Morgan fingerprint density at radius 3 is 2.56 bits per heavy atom. The molecule has 3 N–H and O–H groups in total. The van der Waals surface area contributed by atoms with E-state index in [0.717, 1.165) is 17.5 Å². The lowest BCUT2D eigenvalue weighted by Gasteiger charge is -2.13. The number of nitrogens with one attached hydrogen (secondary N) is 1. The summed E-state index contributed by atoms with van der Waals surface area (Å²) in [5.74, 6) is 0.928. The van der Waals surface area contributed by atoms with Crippen LogP contribution >= 0.6 is 11.8 Å². The van der Waals surface area contributed by atoms with Gasteiger partial charge in [0.05, 0.1) is 5.25 Å². The van der Waals surface area contributed by atoms with Gasteiger partial charge in [-0.1, -0.05) is 11.8 Å². The second-order valence-electron chi connectivity index (χ2n) is 6.05. The van der Waals surface area contributed by atoms with Gasteiger partial charge in [0.2, 0.25) is 11.8 Å². The van der Waals surface area contributed by atoms with E-state index in [4.69, 9.17) is 5.73 Å². The molecule has 3 rings (SSSR count). The molecule has 25 heavy (non-hydrogen) atoms. The molecule has 1 saturated carbocycles. The normalized spacial score (nSPS) is 15.0. The van der Waals surface area contributed by atoms with Crippen molar-refractivity contribution in [3.05, 3.63) is 35.7 Å². The lowest BCUT2D eigenvalue weighted by molar-refractivity contribution is -0.115. The van der Waals surface area contributed by atoms with Crippen molar-refractivity contribution in [2.45, 2.75) is 49.6 Å². The molecule has 1 fully saturated rings. The Balaban J connectivity index is 1.63. The molecule has 8 heteroatoms. The number of anilines is 1. The molecule has 0 aliphatic heterocycles. The van der Waals surface area contributed by atoms with Crippen molar-refractivity contribution in [3.63, 3.8) is 0 Å². The van der Waals surface area contributed by atoms with Gasteiger partial charge in [-0.05, 0) is 51.0 Å². The Labute approximate surface area is 150 Å². The summed E-state index contributed by atoms with van der Waals surface area (Å²) < 4.78 is 2.09. The lowest BCUT2D eigenvalue weighted by Crippen LogP contribution is -2.23. The average Bonchev–Trinajstić information content (AvgIpc) is 3.36. The monoisotopic (exact) mass is 359 g/mol. The van der Waals surface area contributed by atoms with Gasteiger partial charge in [0.1, 0.15) is 5.82 Å². The van der Waals surface area contributed by atoms with Crippen LogP contribution in [0.5, 0.6) is 0 Å². The highest BCUT2D eigenvalue weighted by atomic mass is 32.2. The smallest absolute Gasteiger partial charge is 0.248 e. The number of amides is 2. The van der Waals surface area contributed by atoms with Crippen molar-refractivity contribution < 1.29 is 9.59 Å². The summed E-state index contributed by atoms with van der Waals surface area (Å²) in [7, 11) is 0. The minimum Gasteiger partial charge on any atom is -0.366 e. The van der Waals surface area contributed by atoms with Gasteiger partial charge >= 0.3 is 0 Å². The molecule has 1 heterocycles. The summed E-state index contributed by atoms with van der Waals surface area (Å²) in [4.78, 5) is 23.5. The largest absolute Gasteiger partial charge is 0.366 e. The van der Waals surface area contributed by atoms with Crippen LogP contribution in [0.25, 0.3) is 0 Å². The molecule has 1 aromatic carbocycles. The summed E-state index contributed by atoms with van der Waals surface area (Å²) in [6, 6.07) is 6.50. The summed E-state index contributed by atoms with van der Waals surface area (Å²) in [5.41, 5.74) is 6.24. The van der Waals surface area contributed by atoms with Crippen LogP contribution in [0, 0.1) is 0 Å². The Kier molecular flexibility index (Phi) is 5.08. The molecule has 132 valence electrons. The number of primary amides is 1. The molecule has 1 aliphatic rings. The molecule has 7 nitrogen and oxygen atoms in total. The molecular weight excluding hydrogens is 338 g/mol. The van der Waals surface area contributed by atoms with Crippen molar-refractivity contribution in [1.82, 2.24) is 14.8 Å². The highest BCUT2D eigenvalue weighted by Crippen LogP contribution is 2.40. The number of thioether (sulfide) groups is 1. The number of nitrogens with two attached hydrogens (primary N) is 1. The maximum Gasteiger partial charge on any atom is 0.248 e. The predicted octanol–water partition coefficient (Wildman–Crippen LogP) is 2.39. The van der Waals surface area contributed by atoms with Gasteiger partial charge in [-0.2, -0.15) is 0 Å². The van der Waals surface area contributed by atoms with E-state index in [1.807, 2.05) is 6.92 Å². The van der Waals surface area contributed by atoms with Crippen LogP contribution in [-0.2, 0) is 11.3 Å². The van der Waals surface area contributed by atoms with E-state index in [1.54, 1.807) is 24.3 Å². The molecule has 0 unspecified atom stereocenters. The number of benzene rings is 1. The molecular formula is C17H21N5O2S. The fourth-order valence-electron chi connectivity index (χ4n) is 2.50. The number of carbonyl (C=O) groups excluding carboxylic acids is 2. The van der Waals surface area contributed by atoms with Crippen LogP contribution in [-0.4, -0.2) is 31.8 Å². The first-order valence-corrected chi connectivity index (χ1v) is 9.18. The quantitative estimate of drug-likeness (QED) is 0.739. The first kappa shape index (κ1) is 17.5. The number of hydrogen-bond acceptors (Lipinski definition) is 5. The molecule has 2 amide bonds. The first-order chi connectivity index (χ1) is 12.0. The SMILES string of the molecule is CCn1c(S[C@H](C)C(=O)Nc2ccc(C(N)=O)cc2)nnc1C1CC1. The predicted molar refractivity (Wildman–Crippen MR) is 96.6 cm³/mol. The van der Waals surface area contributed by atoms with Crippen molar-refractivity contribution in [2.24, 2.45) is 5.73 Å². The van der Waals surface area contributed by atoms with E-state index >= 15 is 0 Å². The van der Waals surface area contributed by atoms with Gasteiger partial charge in [0.15, 0.2) is 5.16 Å². The van der Waals surface area contributed by atoms with Gasteiger partial charge in [-0.25, -0.2) is 0 Å². The topological polar surface area (TPSA) is 103 Å². The highest BCUT2D eigenvalue weighted by molar-refractivity contribution is 8.00. The first-order valence-electron chi connectivity index (χ1n) is 8.30. The number of hydrogen-bond donors (Lipinski definition) is 2. The Hall–Kier alpha value is -2.35. The summed E-state index contributed by atoms with van der Waals surface area (Å²) >= 11 is 1.40. The van der Waals surface area contributed by atoms with E-state index in [1.165, 1.54) is 24.6 Å². The summed E-state index contributed by atoms with van der Waals surface area (Å²) in [6.45, 7) is 4.69. The maximum absolute atomic E-state index is 12.4. The third-order valence-corrected chi connectivity index (χ3v) is 5.17. The fourth-order valence-corrected chi connectivity index (χ4v) is 3.42. The minimum absolute atomic E-state index is 0.129. The van der Waals surface area contributed by atoms with E-state index in [2.05, 4.69) is 27.0 Å². The van der Waals surface area contributed by atoms with Gasteiger partial charge in [-0.15, -0.1) is 10.2 Å². The van der Waals surface area contributed by atoms with Gasteiger partial charge in [0.25, 0.3) is 0 Å². The van der Waals surface area contributed by atoms with E-state index in [9.17, 15) is 9.59 Å². The zero-order valence-electron chi connectivity index (χ0n) is 14.2. The fraction of sp³-hybridized carbons (Fsp3) is 0.412. The Morgan fingerprint density at radius 1 is 1.32 bits per heavy atom. The van der Waals surface area contributed by atoms with Crippen LogP contribution in [0.4, 0.5) is 5.69 Å². The van der Waals surface area contributed by atoms with E-state index < -0.39 is 5.91 Å². The summed E-state index contributed by atoms with van der Waals surface area (Å²) in [5, 5.41) is 11.8. The second kappa shape index (κ2) is 7.26. The third kappa shape index (κ3) is 4.01. The minimum atomic E-state index is -0.493. The molecule has 0 saturated heterocycles. The van der Waals surface area contributed by atoms with Gasteiger partial charge < -0.3 is 15.6 Å². The molecule has 1 aliphatic carbocycles. The summed E-state index contributed by atoms with van der Waals surface area (Å²) in [6.07, 6.45) is 2.33. The number of carbonyl (C=O) groups is 2. The average molecular weight is 359 g/mol. The van der Waals surface area contributed by atoms with Crippen LogP contribution in [0.3, 0.4) is 0 Å². The Morgan fingerprint density at radius 2 is 2.00 bits per heavy atom. The highest BCUT2D eigenvalue weighted by Gasteiger charge is 2.30. The molecule has 0 spiro atoms. The Bertz CT molecular complexity index is 783. The van der Waals surface area contributed by atoms with Crippen molar-refractivity contribution in [2.75, 3.05) is 5.32 Å². The number of nitrogens with zero attached hydrogens (tertiary/aromatic N) is 3. The molecule has 1 atom stereocenters. The van der Waals surface area contributed by atoms with Crippen LogP contribution in [0.15, 0.2) is 29.4 Å². The van der Waals surface area contributed by atoms with E-state index in [-0.39, 0.29) is 11.2 Å². The number of rotatable bonds is 7. The zero-order valence-corrected chi connectivity index (χ0v) is 15.0. The van der Waals surface area contributed by atoms with Crippen molar-refractivity contribution in [1.29, 1.82) is 0 Å². The van der Waals surface area contributed by atoms with Gasteiger partial charge in [0, 0.05) is 23.7 Å². The molecule has 0 radical (unpaired) electrons. The standard InChI is InChI=1S/C17H21N5O2S/c1-3-22-15(12-4-5-12)20-21-17(22)25-10(2)16(24)19-13-8-6-11(7-9-13)14(18)23/h6-10,12H,3-5H2,1-2H3,(H2,18,23)(H,19,24)/t10-/m1/s1. The molecule has 0 bridgehead atoms. The van der Waals surface area contributed by atoms with Gasteiger partial charge in [-0.3, -0.25) is 9.59 Å². The third-order valence-electron chi connectivity index (χ3n) is 4.09. The van der Waals surface area contributed by atoms with Crippen molar-refractivity contribution in [3.8, 4) is 0 Å². The molecule has 2 aromatic rings. The second-order valence-corrected chi connectivity index (χ2v) is 7.36. The molecule has 1 aromatic heterocycles. The van der Waals surface area contributed by atoms with Crippen LogP contribution < -0.4 is 11.1 Å².